The lowest BCUT2D eigenvalue weighted by atomic mass is 10.1. The second kappa shape index (κ2) is 9.94. The number of aromatic nitrogens is 2. The Morgan fingerprint density at radius 3 is 2.67 bits per heavy atom. The number of anilines is 1. The lowest BCUT2D eigenvalue weighted by molar-refractivity contribution is -0.116. The maximum atomic E-state index is 12.2. The van der Waals surface area contributed by atoms with Crippen LogP contribution in [0.2, 0.25) is 0 Å². The van der Waals surface area contributed by atoms with Gasteiger partial charge in [-0.25, -0.2) is 4.79 Å². The van der Waals surface area contributed by atoms with E-state index in [0.29, 0.717) is 6.42 Å². The summed E-state index contributed by atoms with van der Waals surface area (Å²) >= 11 is 0. The Kier molecular flexibility index (Phi) is 7.64. The van der Waals surface area contributed by atoms with Gasteiger partial charge in [0.05, 0.1) is 11.0 Å². The number of carbonyl (C=O) groups excluding carboxylic acids is 1. The van der Waals surface area contributed by atoms with Crippen LogP contribution in [0.1, 0.15) is 30.9 Å². The van der Waals surface area contributed by atoms with Crippen LogP contribution in [0.15, 0.2) is 47.3 Å². The molecule has 2 aromatic carbocycles. The van der Waals surface area contributed by atoms with Crippen LogP contribution in [-0.4, -0.2) is 22.4 Å². The van der Waals surface area contributed by atoms with E-state index in [4.69, 9.17) is 0 Å². The second-order valence-electron chi connectivity index (χ2n) is 6.34. The van der Waals surface area contributed by atoms with Crippen LogP contribution in [0.4, 0.5) is 5.69 Å². The summed E-state index contributed by atoms with van der Waals surface area (Å²) in [6, 6.07) is 13.7. The molecule has 27 heavy (non-hydrogen) atoms. The first kappa shape index (κ1) is 20.7. The Bertz CT molecular complexity index is 948. The molecule has 0 atom stereocenters. The van der Waals surface area contributed by atoms with E-state index in [-0.39, 0.29) is 24.0 Å². The van der Waals surface area contributed by atoms with Crippen molar-refractivity contribution in [2.75, 3.05) is 11.9 Å². The fraction of sp³-hybridized carbons (Fsp3) is 0.300. The van der Waals surface area contributed by atoms with Gasteiger partial charge in [-0.1, -0.05) is 25.1 Å². The molecule has 0 spiro atoms. The number of imidazole rings is 1. The molecule has 0 saturated heterocycles. The van der Waals surface area contributed by atoms with E-state index in [1.54, 1.807) is 0 Å². The number of fused-ring (bicyclic) bond motifs is 1. The SMILES string of the molecule is CCNCc1cccc(NC(=O)CCCc2ccc3[nH]c(=O)[nH]c3c2)c1.Cl. The summed E-state index contributed by atoms with van der Waals surface area (Å²) in [5.74, 6) is 0.0155. The number of H-pyrrole nitrogens is 2. The summed E-state index contributed by atoms with van der Waals surface area (Å²) in [6.07, 6.45) is 2.00. The topological polar surface area (TPSA) is 89.8 Å². The monoisotopic (exact) mass is 388 g/mol. The number of aryl methyl sites for hydroxylation is 1. The van der Waals surface area contributed by atoms with Crippen LogP contribution in [0.5, 0.6) is 0 Å². The number of hydrogen-bond acceptors (Lipinski definition) is 3. The first-order valence-corrected chi connectivity index (χ1v) is 8.94. The largest absolute Gasteiger partial charge is 0.326 e. The van der Waals surface area contributed by atoms with Gasteiger partial charge in [0.25, 0.3) is 0 Å². The van der Waals surface area contributed by atoms with E-state index in [1.165, 1.54) is 0 Å². The minimum absolute atomic E-state index is 0. The van der Waals surface area contributed by atoms with Crippen LogP contribution in [0.25, 0.3) is 11.0 Å². The van der Waals surface area contributed by atoms with Crippen LogP contribution >= 0.6 is 12.4 Å². The summed E-state index contributed by atoms with van der Waals surface area (Å²) in [6.45, 7) is 3.78. The predicted octanol–water partition coefficient (Wildman–Crippen LogP) is 3.35. The third-order valence-corrected chi connectivity index (χ3v) is 4.24. The quantitative estimate of drug-likeness (QED) is 0.477. The zero-order valence-electron chi connectivity index (χ0n) is 15.3. The van der Waals surface area contributed by atoms with E-state index in [9.17, 15) is 9.59 Å². The van der Waals surface area contributed by atoms with Crippen molar-refractivity contribution >= 4 is 35.0 Å². The van der Waals surface area contributed by atoms with E-state index in [1.807, 2.05) is 42.5 Å². The Morgan fingerprint density at radius 2 is 1.85 bits per heavy atom. The Labute approximate surface area is 164 Å². The standard InChI is InChI=1S/C20H24N4O2.ClH/c1-2-21-13-15-6-3-7-16(11-15)22-19(25)8-4-5-14-9-10-17-18(12-14)24-20(26)23-17;/h3,6-7,9-12,21H,2,4-5,8,13H2,1H3,(H,22,25)(H2,23,24,26);1H. The van der Waals surface area contributed by atoms with E-state index in [2.05, 4.69) is 27.5 Å². The van der Waals surface area contributed by atoms with Crippen molar-refractivity contribution in [3.63, 3.8) is 0 Å². The average molecular weight is 389 g/mol. The van der Waals surface area contributed by atoms with Gasteiger partial charge in [-0.3, -0.25) is 4.79 Å². The number of carbonyl (C=O) groups is 1. The third-order valence-electron chi connectivity index (χ3n) is 4.24. The third kappa shape index (κ3) is 5.98. The number of aromatic amines is 2. The predicted molar refractivity (Wildman–Crippen MR) is 112 cm³/mol. The Balaban J connectivity index is 0.00000261. The lowest BCUT2D eigenvalue weighted by Gasteiger charge is -2.08. The smallest absolute Gasteiger partial charge is 0.323 e. The van der Waals surface area contributed by atoms with Crippen LogP contribution in [-0.2, 0) is 17.8 Å². The molecule has 0 aliphatic rings. The molecule has 1 amide bonds. The molecule has 4 N–H and O–H groups in total. The molecule has 0 unspecified atom stereocenters. The van der Waals surface area contributed by atoms with Crippen molar-refractivity contribution in [1.29, 1.82) is 0 Å². The summed E-state index contributed by atoms with van der Waals surface area (Å²) in [5, 5.41) is 6.23. The van der Waals surface area contributed by atoms with Crippen LogP contribution in [0, 0.1) is 0 Å². The molecule has 3 aromatic rings. The van der Waals surface area contributed by atoms with Crippen LogP contribution in [0.3, 0.4) is 0 Å². The molecular weight excluding hydrogens is 364 g/mol. The van der Waals surface area contributed by atoms with Gasteiger partial charge in [0.2, 0.25) is 5.91 Å². The maximum absolute atomic E-state index is 12.2. The number of halogens is 1. The summed E-state index contributed by atoms with van der Waals surface area (Å²) in [4.78, 5) is 28.9. The van der Waals surface area contributed by atoms with Gasteiger partial charge in [0.1, 0.15) is 0 Å². The fourth-order valence-electron chi connectivity index (χ4n) is 2.94. The molecule has 0 saturated carbocycles. The normalized spacial score (nSPS) is 10.6. The van der Waals surface area contributed by atoms with E-state index >= 15 is 0 Å². The first-order chi connectivity index (χ1) is 12.6. The number of amides is 1. The molecule has 0 fully saturated rings. The molecule has 1 aromatic heterocycles. The highest BCUT2D eigenvalue weighted by atomic mass is 35.5. The highest BCUT2D eigenvalue weighted by molar-refractivity contribution is 5.90. The maximum Gasteiger partial charge on any atom is 0.323 e. The van der Waals surface area contributed by atoms with Gasteiger partial charge in [-0.2, -0.15) is 0 Å². The van der Waals surface area contributed by atoms with Gasteiger partial charge in [0.15, 0.2) is 0 Å². The number of nitrogens with one attached hydrogen (secondary N) is 4. The van der Waals surface area contributed by atoms with Crippen molar-refractivity contribution in [2.45, 2.75) is 32.7 Å². The molecule has 0 aliphatic carbocycles. The summed E-state index contributed by atoms with van der Waals surface area (Å²) in [7, 11) is 0. The molecule has 7 heteroatoms. The molecule has 1 heterocycles. The highest BCUT2D eigenvalue weighted by Crippen LogP contribution is 2.14. The van der Waals surface area contributed by atoms with E-state index < -0.39 is 0 Å². The Morgan fingerprint density at radius 1 is 1.04 bits per heavy atom. The number of rotatable bonds is 8. The first-order valence-electron chi connectivity index (χ1n) is 8.94. The van der Waals surface area contributed by atoms with Gasteiger partial charge in [-0.15, -0.1) is 12.4 Å². The minimum atomic E-state index is -0.201. The zero-order valence-corrected chi connectivity index (χ0v) is 16.1. The molecule has 6 nitrogen and oxygen atoms in total. The van der Waals surface area contributed by atoms with Crippen molar-refractivity contribution in [3.8, 4) is 0 Å². The molecule has 3 rings (SSSR count). The van der Waals surface area contributed by atoms with Gasteiger partial charge in [0, 0.05) is 18.7 Å². The lowest BCUT2D eigenvalue weighted by Crippen LogP contribution is -2.14. The Hall–Kier alpha value is -2.57. The molecule has 144 valence electrons. The molecular formula is C20H25ClN4O2. The van der Waals surface area contributed by atoms with Crippen molar-refractivity contribution in [3.05, 3.63) is 64.1 Å². The summed E-state index contributed by atoms with van der Waals surface area (Å²) < 4.78 is 0. The summed E-state index contributed by atoms with van der Waals surface area (Å²) in [5.41, 5.74) is 4.49. The van der Waals surface area contributed by atoms with Crippen molar-refractivity contribution in [1.82, 2.24) is 15.3 Å². The fourth-order valence-corrected chi connectivity index (χ4v) is 2.94. The molecule has 0 bridgehead atoms. The van der Waals surface area contributed by atoms with Crippen molar-refractivity contribution < 1.29 is 4.79 Å². The molecule has 0 radical (unpaired) electrons. The average Bonchev–Trinajstić information content (AvgIpc) is 2.99. The minimum Gasteiger partial charge on any atom is -0.326 e. The second-order valence-corrected chi connectivity index (χ2v) is 6.34. The van der Waals surface area contributed by atoms with Gasteiger partial charge < -0.3 is 20.6 Å². The molecule has 0 aliphatic heterocycles. The van der Waals surface area contributed by atoms with E-state index in [0.717, 1.165) is 53.8 Å². The highest BCUT2D eigenvalue weighted by Gasteiger charge is 2.05. The van der Waals surface area contributed by atoms with Crippen LogP contribution < -0.4 is 16.3 Å². The van der Waals surface area contributed by atoms with Crippen molar-refractivity contribution in [2.24, 2.45) is 0 Å². The van der Waals surface area contributed by atoms with Gasteiger partial charge in [-0.05, 0) is 54.8 Å². The van der Waals surface area contributed by atoms with Gasteiger partial charge >= 0.3 is 5.69 Å². The number of benzene rings is 2. The number of hydrogen-bond donors (Lipinski definition) is 4. The zero-order chi connectivity index (χ0) is 18.4.